The van der Waals surface area contributed by atoms with Gasteiger partial charge in [0.1, 0.15) is 5.75 Å². The number of allylic oxidation sites excluding steroid dienone is 1. The van der Waals surface area contributed by atoms with Crippen LogP contribution in [0.2, 0.25) is 5.02 Å². The Labute approximate surface area is 109 Å². The molecule has 0 spiro atoms. The normalized spacial score (nSPS) is 11.0. The Morgan fingerprint density at radius 3 is 2.89 bits per heavy atom. The Kier molecular flexibility index (Phi) is 3.48. The minimum Gasteiger partial charge on any atom is -0.506 e. The number of rotatable bonds is 3. The SMILES string of the molecule is Cn1cc(C(=O)/C=C/c2ccc(O)c(Cl)c2)cn1. The summed E-state index contributed by atoms with van der Waals surface area (Å²) in [4.78, 5) is 11.8. The molecule has 0 saturated heterocycles. The zero-order valence-electron chi connectivity index (χ0n) is 9.67. The van der Waals surface area contributed by atoms with Crippen LogP contribution in [0.3, 0.4) is 0 Å². The second kappa shape index (κ2) is 5.06. The Balaban J connectivity index is 2.15. The van der Waals surface area contributed by atoms with Crippen LogP contribution in [0, 0.1) is 0 Å². The molecule has 2 rings (SSSR count). The van der Waals surface area contributed by atoms with Crippen molar-refractivity contribution in [2.24, 2.45) is 7.05 Å². The molecule has 1 aromatic carbocycles. The number of aryl methyl sites for hydroxylation is 1. The summed E-state index contributed by atoms with van der Waals surface area (Å²) in [7, 11) is 1.75. The molecule has 1 aromatic heterocycles. The van der Waals surface area contributed by atoms with Crippen LogP contribution in [0.25, 0.3) is 6.08 Å². The highest BCUT2D eigenvalue weighted by Crippen LogP contribution is 2.24. The number of ketones is 1. The van der Waals surface area contributed by atoms with Gasteiger partial charge in [-0.25, -0.2) is 0 Å². The Morgan fingerprint density at radius 1 is 1.50 bits per heavy atom. The van der Waals surface area contributed by atoms with Crippen LogP contribution in [0.1, 0.15) is 15.9 Å². The molecule has 0 radical (unpaired) electrons. The molecule has 1 heterocycles. The molecule has 0 aliphatic carbocycles. The highest BCUT2D eigenvalue weighted by molar-refractivity contribution is 6.32. The number of benzene rings is 1. The zero-order chi connectivity index (χ0) is 13.1. The van der Waals surface area contributed by atoms with E-state index in [1.54, 1.807) is 36.1 Å². The van der Waals surface area contributed by atoms with Crippen LogP contribution in [0.5, 0.6) is 5.75 Å². The predicted octanol–water partition coefficient (Wildman–Crippen LogP) is 2.68. The fraction of sp³-hybridized carbons (Fsp3) is 0.0769. The minimum absolute atomic E-state index is 0.0207. The van der Waals surface area contributed by atoms with Crippen molar-refractivity contribution in [3.05, 3.63) is 52.8 Å². The lowest BCUT2D eigenvalue weighted by molar-refractivity contribution is 0.104. The van der Waals surface area contributed by atoms with Crippen molar-refractivity contribution >= 4 is 23.5 Å². The molecule has 18 heavy (non-hydrogen) atoms. The van der Waals surface area contributed by atoms with Crippen molar-refractivity contribution < 1.29 is 9.90 Å². The van der Waals surface area contributed by atoms with Gasteiger partial charge in [0.05, 0.1) is 16.8 Å². The first-order valence-electron chi connectivity index (χ1n) is 5.26. The zero-order valence-corrected chi connectivity index (χ0v) is 10.4. The standard InChI is InChI=1S/C13H11ClN2O2/c1-16-8-10(7-15-16)12(17)4-2-9-3-5-13(18)11(14)6-9/h2-8,18H,1H3/b4-2+. The molecule has 0 saturated carbocycles. The molecular formula is C13H11ClN2O2. The molecular weight excluding hydrogens is 252 g/mol. The summed E-state index contributed by atoms with van der Waals surface area (Å²) in [5.41, 5.74) is 1.27. The van der Waals surface area contributed by atoms with Crippen LogP contribution in [0.15, 0.2) is 36.7 Å². The topological polar surface area (TPSA) is 55.1 Å². The Morgan fingerprint density at radius 2 is 2.28 bits per heavy atom. The number of aromatic nitrogens is 2. The van der Waals surface area contributed by atoms with Crippen molar-refractivity contribution in [2.45, 2.75) is 0 Å². The molecule has 0 aliphatic heterocycles. The summed E-state index contributed by atoms with van der Waals surface area (Å²) in [5.74, 6) is -0.111. The van der Waals surface area contributed by atoms with Gasteiger partial charge in [-0.1, -0.05) is 23.7 Å². The summed E-state index contributed by atoms with van der Waals surface area (Å²) < 4.78 is 1.57. The first-order valence-corrected chi connectivity index (χ1v) is 5.63. The number of aromatic hydroxyl groups is 1. The van der Waals surface area contributed by atoms with E-state index >= 15 is 0 Å². The Hall–Kier alpha value is -2.07. The van der Waals surface area contributed by atoms with Crippen LogP contribution in [0.4, 0.5) is 0 Å². The van der Waals surface area contributed by atoms with E-state index < -0.39 is 0 Å². The van der Waals surface area contributed by atoms with Gasteiger partial charge >= 0.3 is 0 Å². The van der Waals surface area contributed by atoms with E-state index in [0.717, 1.165) is 5.56 Å². The summed E-state index contributed by atoms with van der Waals surface area (Å²) >= 11 is 5.77. The van der Waals surface area contributed by atoms with E-state index in [0.29, 0.717) is 5.56 Å². The number of phenols is 1. The number of hydrogen-bond acceptors (Lipinski definition) is 3. The maximum atomic E-state index is 11.8. The average Bonchev–Trinajstić information content (AvgIpc) is 2.77. The summed E-state index contributed by atoms with van der Waals surface area (Å²) in [6.07, 6.45) is 6.24. The van der Waals surface area contributed by atoms with E-state index in [1.807, 2.05) is 0 Å². The third-order valence-corrected chi connectivity index (χ3v) is 2.69. The van der Waals surface area contributed by atoms with Crippen molar-refractivity contribution in [3.8, 4) is 5.75 Å². The third kappa shape index (κ3) is 2.78. The van der Waals surface area contributed by atoms with E-state index in [1.165, 1.54) is 18.3 Å². The number of nitrogens with zero attached hydrogens (tertiary/aromatic N) is 2. The van der Waals surface area contributed by atoms with Crippen molar-refractivity contribution in [1.29, 1.82) is 0 Å². The van der Waals surface area contributed by atoms with Crippen molar-refractivity contribution in [2.75, 3.05) is 0 Å². The number of phenolic OH excluding ortho intramolecular Hbond substituents is 1. The molecule has 0 bridgehead atoms. The van der Waals surface area contributed by atoms with E-state index in [4.69, 9.17) is 11.6 Å². The molecule has 4 nitrogen and oxygen atoms in total. The quantitative estimate of drug-likeness (QED) is 0.683. The Bertz CT molecular complexity index is 617. The lowest BCUT2D eigenvalue weighted by atomic mass is 10.1. The van der Waals surface area contributed by atoms with Gasteiger partial charge in [-0.05, 0) is 23.8 Å². The average molecular weight is 263 g/mol. The number of hydrogen-bond donors (Lipinski definition) is 1. The van der Waals surface area contributed by atoms with Gasteiger partial charge in [0.15, 0.2) is 5.78 Å². The van der Waals surface area contributed by atoms with Crippen molar-refractivity contribution in [3.63, 3.8) is 0 Å². The van der Waals surface area contributed by atoms with E-state index in [-0.39, 0.29) is 16.6 Å². The fourth-order valence-corrected chi connectivity index (χ4v) is 1.63. The van der Waals surface area contributed by atoms with Crippen LogP contribution >= 0.6 is 11.6 Å². The maximum absolute atomic E-state index is 11.8. The molecule has 2 aromatic rings. The predicted molar refractivity (Wildman–Crippen MR) is 69.7 cm³/mol. The van der Waals surface area contributed by atoms with Crippen LogP contribution in [-0.4, -0.2) is 20.7 Å². The first-order chi connectivity index (χ1) is 8.56. The summed E-state index contributed by atoms with van der Waals surface area (Å²) in [6, 6.07) is 4.74. The molecule has 0 aliphatic rings. The van der Waals surface area contributed by atoms with Gasteiger partial charge in [0, 0.05) is 13.2 Å². The fourth-order valence-electron chi connectivity index (χ4n) is 1.44. The van der Waals surface area contributed by atoms with Gasteiger partial charge in [-0.3, -0.25) is 9.48 Å². The summed E-state index contributed by atoms with van der Waals surface area (Å²) in [5, 5.41) is 13.4. The van der Waals surface area contributed by atoms with Crippen LogP contribution in [-0.2, 0) is 7.05 Å². The number of carbonyl (C=O) groups is 1. The second-order valence-electron chi connectivity index (χ2n) is 3.81. The molecule has 0 fully saturated rings. The van der Waals surface area contributed by atoms with Gasteiger partial charge in [0.2, 0.25) is 0 Å². The van der Waals surface area contributed by atoms with Gasteiger partial charge in [0.25, 0.3) is 0 Å². The lowest BCUT2D eigenvalue weighted by Crippen LogP contribution is -1.91. The van der Waals surface area contributed by atoms with Gasteiger partial charge in [-0.2, -0.15) is 5.10 Å². The summed E-state index contributed by atoms with van der Waals surface area (Å²) in [6.45, 7) is 0. The molecule has 1 N–H and O–H groups in total. The first kappa shape index (κ1) is 12.4. The van der Waals surface area contributed by atoms with E-state index in [2.05, 4.69) is 5.10 Å². The minimum atomic E-state index is -0.132. The highest BCUT2D eigenvalue weighted by atomic mass is 35.5. The monoisotopic (exact) mass is 262 g/mol. The molecule has 5 heteroatoms. The largest absolute Gasteiger partial charge is 0.506 e. The molecule has 0 atom stereocenters. The van der Waals surface area contributed by atoms with Gasteiger partial charge in [-0.15, -0.1) is 0 Å². The molecule has 0 amide bonds. The van der Waals surface area contributed by atoms with Crippen molar-refractivity contribution in [1.82, 2.24) is 9.78 Å². The maximum Gasteiger partial charge on any atom is 0.189 e. The van der Waals surface area contributed by atoms with E-state index in [9.17, 15) is 9.90 Å². The number of halogens is 1. The molecule has 0 unspecified atom stereocenters. The number of carbonyl (C=O) groups excluding carboxylic acids is 1. The molecule has 92 valence electrons. The second-order valence-corrected chi connectivity index (χ2v) is 4.22. The van der Waals surface area contributed by atoms with Gasteiger partial charge < -0.3 is 5.11 Å². The lowest BCUT2D eigenvalue weighted by Gasteiger charge is -1.97. The highest BCUT2D eigenvalue weighted by Gasteiger charge is 2.04. The smallest absolute Gasteiger partial charge is 0.189 e. The van der Waals surface area contributed by atoms with Crippen LogP contribution < -0.4 is 0 Å². The third-order valence-electron chi connectivity index (χ3n) is 2.39.